The molecule has 1 heterocycles. The van der Waals surface area contributed by atoms with E-state index in [1.54, 1.807) is 0 Å². The molecule has 1 atom stereocenters. The normalized spacial score (nSPS) is 16.9. The fourth-order valence-corrected chi connectivity index (χ4v) is 3.62. The molecule has 0 spiro atoms. The molecular weight excluding hydrogens is 467 g/mol. The minimum atomic E-state index is 0. The first-order valence-corrected chi connectivity index (χ1v) is 10.9. The quantitative estimate of drug-likeness (QED) is 0.172. The van der Waals surface area contributed by atoms with Crippen molar-refractivity contribution >= 4 is 29.9 Å². The summed E-state index contributed by atoms with van der Waals surface area (Å²) in [6, 6.07) is 0.543. The van der Waals surface area contributed by atoms with Gasteiger partial charge in [0.1, 0.15) is 0 Å². The number of guanidine groups is 1. The molecule has 0 bridgehead atoms. The Kier molecular flexibility index (Phi) is 17.6. The van der Waals surface area contributed by atoms with Gasteiger partial charge < -0.3 is 20.1 Å². The Morgan fingerprint density at radius 1 is 1.18 bits per heavy atom. The van der Waals surface area contributed by atoms with Crippen LogP contribution in [0.25, 0.3) is 0 Å². The summed E-state index contributed by atoms with van der Waals surface area (Å²) in [6.07, 6.45) is 4.47. The summed E-state index contributed by atoms with van der Waals surface area (Å²) in [7, 11) is 1.84. The monoisotopic (exact) mass is 512 g/mol. The summed E-state index contributed by atoms with van der Waals surface area (Å²) >= 11 is 0. The molecule has 1 unspecified atom stereocenters. The maximum atomic E-state index is 5.83. The van der Waals surface area contributed by atoms with Crippen LogP contribution in [0.4, 0.5) is 0 Å². The predicted molar refractivity (Wildman–Crippen MR) is 130 cm³/mol. The number of hydrogen-bond donors (Lipinski definition) is 2. The van der Waals surface area contributed by atoms with Crippen molar-refractivity contribution in [2.75, 3.05) is 59.7 Å². The molecule has 28 heavy (non-hydrogen) atoms. The lowest BCUT2D eigenvalue weighted by Gasteiger charge is -2.31. The van der Waals surface area contributed by atoms with E-state index in [-0.39, 0.29) is 24.0 Å². The van der Waals surface area contributed by atoms with E-state index >= 15 is 0 Å². The average molecular weight is 513 g/mol. The summed E-state index contributed by atoms with van der Waals surface area (Å²) in [5.41, 5.74) is 0. The molecule has 1 rings (SSSR count). The standard InChI is InChI=1S/C21H44N4O2.HI/c1-6-25(7-2)20(15-18(3)4)16-24-21(22-5)23-11-8-12-27-17-19-9-13-26-14-10-19;/h18-20H,6-17H2,1-5H3,(H2,22,23,24);1H. The zero-order valence-electron chi connectivity index (χ0n) is 18.8. The zero-order chi connectivity index (χ0) is 19.9. The van der Waals surface area contributed by atoms with Gasteiger partial charge in [0, 0.05) is 52.6 Å². The van der Waals surface area contributed by atoms with E-state index in [0.29, 0.717) is 17.9 Å². The van der Waals surface area contributed by atoms with Crippen LogP contribution in [0.2, 0.25) is 0 Å². The lowest BCUT2D eigenvalue weighted by atomic mass is 10.0. The molecule has 7 heteroatoms. The minimum Gasteiger partial charge on any atom is -0.381 e. The summed E-state index contributed by atoms with van der Waals surface area (Å²) in [5.74, 6) is 2.26. The van der Waals surface area contributed by atoms with E-state index in [1.807, 2.05) is 7.05 Å². The first kappa shape index (κ1) is 27.9. The Labute approximate surface area is 190 Å². The van der Waals surface area contributed by atoms with Gasteiger partial charge in [0.2, 0.25) is 0 Å². The highest BCUT2D eigenvalue weighted by atomic mass is 127. The Bertz CT molecular complexity index is 387. The average Bonchev–Trinajstić information content (AvgIpc) is 2.67. The van der Waals surface area contributed by atoms with Gasteiger partial charge in [-0.3, -0.25) is 9.89 Å². The lowest BCUT2D eigenvalue weighted by molar-refractivity contribution is 0.0203. The van der Waals surface area contributed by atoms with E-state index in [1.165, 1.54) is 6.42 Å². The third-order valence-electron chi connectivity index (χ3n) is 5.25. The number of ether oxygens (including phenoxy) is 2. The highest BCUT2D eigenvalue weighted by Crippen LogP contribution is 2.14. The van der Waals surface area contributed by atoms with Crippen LogP contribution >= 0.6 is 24.0 Å². The van der Waals surface area contributed by atoms with E-state index in [4.69, 9.17) is 9.47 Å². The van der Waals surface area contributed by atoms with Gasteiger partial charge in [0.05, 0.1) is 0 Å². The van der Waals surface area contributed by atoms with E-state index in [2.05, 4.69) is 48.2 Å². The maximum absolute atomic E-state index is 5.83. The lowest BCUT2D eigenvalue weighted by Crippen LogP contribution is -2.47. The number of rotatable bonds is 13. The highest BCUT2D eigenvalue weighted by Gasteiger charge is 2.17. The van der Waals surface area contributed by atoms with Gasteiger partial charge in [-0.05, 0) is 50.6 Å². The van der Waals surface area contributed by atoms with Crippen LogP contribution in [-0.4, -0.2) is 76.6 Å². The van der Waals surface area contributed by atoms with Gasteiger partial charge in [-0.25, -0.2) is 0 Å². The van der Waals surface area contributed by atoms with E-state index in [0.717, 1.165) is 77.8 Å². The molecule has 2 N–H and O–H groups in total. The molecule has 0 aromatic carbocycles. The summed E-state index contributed by atoms with van der Waals surface area (Å²) in [5, 5.41) is 6.92. The molecule has 0 aromatic heterocycles. The van der Waals surface area contributed by atoms with Crippen LogP contribution in [0.15, 0.2) is 4.99 Å². The summed E-state index contributed by atoms with van der Waals surface area (Å²) in [6.45, 7) is 16.5. The van der Waals surface area contributed by atoms with Crippen LogP contribution in [0.1, 0.15) is 53.4 Å². The molecule has 6 nitrogen and oxygen atoms in total. The van der Waals surface area contributed by atoms with Crippen LogP contribution in [-0.2, 0) is 9.47 Å². The number of nitrogens with zero attached hydrogens (tertiary/aromatic N) is 2. The van der Waals surface area contributed by atoms with Crippen molar-refractivity contribution in [1.29, 1.82) is 0 Å². The Morgan fingerprint density at radius 2 is 1.86 bits per heavy atom. The Hall–Kier alpha value is -0.120. The van der Waals surface area contributed by atoms with Gasteiger partial charge in [0.25, 0.3) is 0 Å². The van der Waals surface area contributed by atoms with Gasteiger partial charge >= 0.3 is 0 Å². The van der Waals surface area contributed by atoms with Gasteiger partial charge in [0.15, 0.2) is 5.96 Å². The molecule has 1 aliphatic heterocycles. The molecule has 0 aromatic rings. The van der Waals surface area contributed by atoms with E-state index < -0.39 is 0 Å². The number of aliphatic imine (C=N–C) groups is 1. The van der Waals surface area contributed by atoms with Crippen molar-refractivity contribution in [2.45, 2.75) is 59.4 Å². The maximum Gasteiger partial charge on any atom is 0.191 e. The molecule has 1 aliphatic rings. The fourth-order valence-electron chi connectivity index (χ4n) is 3.62. The van der Waals surface area contributed by atoms with Gasteiger partial charge in [-0.1, -0.05) is 27.7 Å². The smallest absolute Gasteiger partial charge is 0.191 e. The first-order valence-electron chi connectivity index (χ1n) is 10.9. The van der Waals surface area contributed by atoms with Crippen molar-refractivity contribution in [1.82, 2.24) is 15.5 Å². The second-order valence-corrected chi connectivity index (χ2v) is 7.87. The van der Waals surface area contributed by atoms with Crippen molar-refractivity contribution in [2.24, 2.45) is 16.8 Å². The molecule has 0 radical (unpaired) electrons. The number of hydrogen-bond acceptors (Lipinski definition) is 4. The Morgan fingerprint density at radius 3 is 2.43 bits per heavy atom. The number of halogens is 1. The van der Waals surface area contributed by atoms with Gasteiger partial charge in [-0.2, -0.15) is 0 Å². The van der Waals surface area contributed by atoms with Crippen LogP contribution in [0.5, 0.6) is 0 Å². The van der Waals surface area contributed by atoms with Crippen molar-refractivity contribution in [3.8, 4) is 0 Å². The van der Waals surface area contributed by atoms with E-state index in [9.17, 15) is 0 Å². The minimum absolute atomic E-state index is 0. The molecule has 1 fully saturated rings. The number of likely N-dealkylation sites (N-methyl/N-ethyl adjacent to an activating group) is 1. The second-order valence-electron chi connectivity index (χ2n) is 7.87. The van der Waals surface area contributed by atoms with Gasteiger partial charge in [-0.15, -0.1) is 24.0 Å². The summed E-state index contributed by atoms with van der Waals surface area (Å²) in [4.78, 5) is 6.89. The highest BCUT2D eigenvalue weighted by molar-refractivity contribution is 14.0. The third kappa shape index (κ3) is 12.4. The van der Waals surface area contributed by atoms with Crippen molar-refractivity contribution in [3.63, 3.8) is 0 Å². The SMILES string of the molecule is CCN(CC)C(CNC(=NC)NCCCOCC1CCOCC1)CC(C)C.I. The molecule has 168 valence electrons. The largest absolute Gasteiger partial charge is 0.381 e. The molecule has 1 saturated heterocycles. The predicted octanol–water partition coefficient (Wildman–Crippen LogP) is 3.36. The topological polar surface area (TPSA) is 58.1 Å². The van der Waals surface area contributed by atoms with Crippen LogP contribution in [0.3, 0.4) is 0 Å². The molecule has 0 saturated carbocycles. The zero-order valence-corrected chi connectivity index (χ0v) is 21.2. The Balaban J connectivity index is 0.00000729. The van der Waals surface area contributed by atoms with Crippen LogP contribution in [0, 0.1) is 11.8 Å². The summed E-state index contributed by atoms with van der Waals surface area (Å²) < 4.78 is 11.2. The van der Waals surface area contributed by atoms with Crippen molar-refractivity contribution in [3.05, 3.63) is 0 Å². The van der Waals surface area contributed by atoms with Crippen molar-refractivity contribution < 1.29 is 9.47 Å². The molecular formula is C21H45IN4O2. The van der Waals surface area contributed by atoms with Crippen LogP contribution < -0.4 is 10.6 Å². The first-order chi connectivity index (χ1) is 13.1. The molecule has 0 amide bonds. The fraction of sp³-hybridized carbons (Fsp3) is 0.952. The third-order valence-corrected chi connectivity index (χ3v) is 5.25. The number of nitrogens with one attached hydrogen (secondary N) is 2. The second kappa shape index (κ2) is 17.7. The molecule has 0 aliphatic carbocycles.